The largest absolute Gasteiger partial charge is 0.435 e. The Kier molecular flexibility index (Phi) is 4.27. The van der Waals surface area contributed by atoms with E-state index >= 15 is 0 Å². The van der Waals surface area contributed by atoms with Crippen LogP contribution in [0.2, 0.25) is 0 Å². The minimum Gasteiger partial charge on any atom is -0.392 e. The number of carbonyl (C=O) groups is 1. The molecule has 21 heavy (non-hydrogen) atoms. The Morgan fingerprint density at radius 3 is 2.62 bits per heavy atom. The average Bonchev–Trinajstić information content (AvgIpc) is 2.87. The number of rotatable bonds is 4. The third-order valence-corrected chi connectivity index (χ3v) is 2.70. The van der Waals surface area contributed by atoms with E-state index in [1.54, 1.807) is 24.3 Å². The summed E-state index contributed by atoms with van der Waals surface area (Å²) >= 11 is 0. The van der Waals surface area contributed by atoms with Gasteiger partial charge in [0.1, 0.15) is 6.54 Å². The van der Waals surface area contributed by atoms with E-state index < -0.39 is 17.8 Å². The summed E-state index contributed by atoms with van der Waals surface area (Å²) in [6.07, 6.45) is -3.45. The molecule has 0 saturated heterocycles. The second-order valence-electron chi connectivity index (χ2n) is 4.26. The number of alkyl halides is 3. The summed E-state index contributed by atoms with van der Waals surface area (Å²) in [6, 6.07) is 7.39. The Morgan fingerprint density at radius 1 is 1.29 bits per heavy atom. The van der Waals surface area contributed by atoms with Crippen molar-refractivity contribution in [3.8, 4) is 0 Å². The number of nitrogens with zero attached hydrogens (tertiary/aromatic N) is 2. The number of nitrogens with one attached hydrogen (secondary N) is 1. The lowest BCUT2D eigenvalue weighted by Crippen LogP contribution is -2.20. The fourth-order valence-corrected chi connectivity index (χ4v) is 1.72. The molecule has 1 aromatic carbocycles. The van der Waals surface area contributed by atoms with Gasteiger partial charge < -0.3 is 10.4 Å². The fraction of sp³-hybridized carbons (Fsp3) is 0.231. The van der Waals surface area contributed by atoms with E-state index in [1.165, 1.54) is 0 Å². The van der Waals surface area contributed by atoms with Crippen molar-refractivity contribution < 1.29 is 23.1 Å². The molecule has 5 nitrogen and oxygen atoms in total. The molecular weight excluding hydrogens is 287 g/mol. The van der Waals surface area contributed by atoms with Crippen LogP contribution in [0.1, 0.15) is 11.3 Å². The molecule has 1 heterocycles. The van der Waals surface area contributed by atoms with Crippen molar-refractivity contribution in [1.82, 2.24) is 9.78 Å². The number of para-hydroxylation sites is 1. The first kappa shape index (κ1) is 15.0. The van der Waals surface area contributed by atoms with Crippen LogP contribution >= 0.6 is 0 Å². The van der Waals surface area contributed by atoms with Gasteiger partial charge in [0, 0.05) is 17.4 Å². The molecule has 112 valence electrons. The molecular formula is C13H12F3N3O2. The highest BCUT2D eigenvalue weighted by atomic mass is 19.4. The van der Waals surface area contributed by atoms with Crippen molar-refractivity contribution in [3.63, 3.8) is 0 Å². The molecule has 2 rings (SSSR count). The molecule has 0 fully saturated rings. The van der Waals surface area contributed by atoms with Crippen LogP contribution in [0.4, 0.5) is 18.9 Å². The van der Waals surface area contributed by atoms with E-state index in [4.69, 9.17) is 5.11 Å². The van der Waals surface area contributed by atoms with Crippen molar-refractivity contribution in [1.29, 1.82) is 0 Å². The molecule has 0 spiro atoms. The Bertz CT molecular complexity index is 638. The van der Waals surface area contributed by atoms with Crippen molar-refractivity contribution in [2.45, 2.75) is 19.3 Å². The predicted octanol–water partition coefficient (Wildman–Crippen LogP) is 2.03. The number of anilines is 1. The van der Waals surface area contributed by atoms with Gasteiger partial charge in [0.15, 0.2) is 5.69 Å². The SMILES string of the molecule is O=C(Cn1ccc(C(F)(F)F)n1)Nc1ccccc1CO. The van der Waals surface area contributed by atoms with Gasteiger partial charge >= 0.3 is 6.18 Å². The van der Waals surface area contributed by atoms with Gasteiger partial charge in [-0.3, -0.25) is 9.48 Å². The van der Waals surface area contributed by atoms with Crippen LogP contribution in [0.5, 0.6) is 0 Å². The van der Waals surface area contributed by atoms with Crippen LogP contribution in [-0.2, 0) is 24.1 Å². The Balaban J connectivity index is 2.03. The number of benzene rings is 1. The lowest BCUT2D eigenvalue weighted by molar-refractivity contribution is -0.141. The van der Waals surface area contributed by atoms with E-state index in [1.807, 2.05) is 0 Å². The third kappa shape index (κ3) is 3.82. The summed E-state index contributed by atoms with van der Waals surface area (Å²) in [4.78, 5) is 11.8. The van der Waals surface area contributed by atoms with Gasteiger partial charge in [-0.2, -0.15) is 18.3 Å². The summed E-state index contributed by atoms with van der Waals surface area (Å²) in [6.45, 7) is -0.605. The highest BCUT2D eigenvalue weighted by molar-refractivity contribution is 5.91. The molecule has 2 N–H and O–H groups in total. The Morgan fingerprint density at radius 2 is 2.00 bits per heavy atom. The van der Waals surface area contributed by atoms with Gasteiger partial charge in [-0.05, 0) is 12.1 Å². The Hall–Kier alpha value is -2.35. The molecule has 0 atom stereocenters. The van der Waals surface area contributed by atoms with E-state index in [-0.39, 0.29) is 13.2 Å². The minimum atomic E-state index is -4.54. The second kappa shape index (κ2) is 5.96. The number of aliphatic hydroxyl groups is 1. The highest BCUT2D eigenvalue weighted by Crippen LogP contribution is 2.27. The molecule has 1 amide bonds. The van der Waals surface area contributed by atoms with Crippen LogP contribution in [0.3, 0.4) is 0 Å². The quantitative estimate of drug-likeness (QED) is 0.908. The predicted molar refractivity (Wildman–Crippen MR) is 68.2 cm³/mol. The van der Waals surface area contributed by atoms with Crippen LogP contribution in [0.25, 0.3) is 0 Å². The molecule has 0 aliphatic heterocycles. The average molecular weight is 299 g/mol. The molecule has 0 radical (unpaired) electrons. The minimum absolute atomic E-state index is 0.254. The van der Waals surface area contributed by atoms with E-state index in [0.717, 1.165) is 16.9 Å². The number of hydrogen-bond acceptors (Lipinski definition) is 3. The first-order chi connectivity index (χ1) is 9.90. The maximum Gasteiger partial charge on any atom is 0.435 e. The van der Waals surface area contributed by atoms with Crippen molar-refractivity contribution in [2.24, 2.45) is 0 Å². The molecule has 0 aliphatic rings. The van der Waals surface area contributed by atoms with Gasteiger partial charge in [-0.25, -0.2) is 0 Å². The molecule has 1 aromatic heterocycles. The smallest absolute Gasteiger partial charge is 0.392 e. The highest BCUT2D eigenvalue weighted by Gasteiger charge is 2.33. The number of hydrogen-bond donors (Lipinski definition) is 2. The lowest BCUT2D eigenvalue weighted by atomic mass is 10.2. The van der Waals surface area contributed by atoms with Gasteiger partial charge in [0.05, 0.1) is 6.61 Å². The zero-order chi connectivity index (χ0) is 15.5. The summed E-state index contributed by atoms with van der Waals surface area (Å²) in [5, 5.41) is 14.9. The standard InChI is InChI=1S/C13H12F3N3O2/c14-13(15,16)11-5-6-19(18-11)7-12(21)17-10-4-2-1-3-9(10)8-20/h1-6,20H,7-8H2,(H,17,21). The molecule has 0 saturated carbocycles. The first-order valence-electron chi connectivity index (χ1n) is 5.99. The summed E-state index contributed by atoms with van der Waals surface area (Å²) in [5.41, 5.74) is -0.124. The first-order valence-corrected chi connectivity index (χ1v) is 5.99. The number of halogens is 3. The second-order valence-corrected chi connectivity index (χ2v) is 4.26. The number of aliphatic hydroxyl groups excluding tert-OH is 1. The number of amides is 1. The van der Waals surface area contributed by atoms with Crippen molar-refractivity contribution in [3.05, 3.63) is 47.8 Å². The van der Waals surface area contributed by atoms with Gasteiger partial charge in [-0.15, -0.1) is 0 Å². The summed E-state index contributed by atoms with van der Waals surface area (Å²) in [7, 11) is 0. The van der Waals surface area contributed by atoms with Crippen LogP contribution < -0.4 is 5.32 Å². The van der Waals surface area contributed by atoms with Gasteiger partial charge in [-0.1, -0.05) is 18.2 Å². The van der Waals surface area contributed by atoms with E-state index in [0.29, 0.717) is 11.3 Å². The number of carbonyl (C=O) groups excluding carboxylic acids is 1. The molecule has 8 heteroatoms. The molecule has 0 unspecified atom stereocenters. The maximum absolute atomic E-state index is 12.4. The zero-order valence-electron chi connectivity index (χ0n) is 10.8. The van der Waals surface area contributed by atoms with Crippen molar-refractivity contribution >= 4 is 11.6 Å². The van der Waals surface area contributed by atoms with Crippen LogP contribution in [0, 0.1) is 0 Å². The Labute approximate surface area is 118 Å². The van der Waals surface area contributed by atoms with Gasteiger partial charge in [0.25, 0.3) is 0 Å². The molecule has 0 aliphatic carbocycles. The van der Waals surface area contributed by atoms with Crippen molar-refractivity contribution in [2.75, 3.05) is 5.32 Å². The van der Waals surface area contributed by atoms with Crippen LogP contribution in [-0.4, -0.2) is 20.8 Å². The summed E-state index contributed by atoms with van der Waals surface area (Å²) in [5.74, 6) is -0.535. The molecule has 0 bridgehead atoms. The fourth-order valence-electron chi connectivity index (χ4n) is 1.72. The van der Waals surface area contributed by atoms with E-state index in [9.17, 15) is 18.0 Å². The number of aromatic nitrogens is 2. The topological polar surface area (TPSA) is 67.2 Å². The van der Waals surface area contributed by atoms with Crippen LogP contribution in [0.15, 0.2) is 36.5 Å². The zero-order valence-corrected chi connectivity index (χ0v) is 10.8. The normalized spacial score (nSPS) is 11.4. The van der Waals surface area contributed by atoms with E-state index in [2.05, 4.69) is 10.4 Å². The monoisotopic (exact) mass is 299 g/mol. The lowest BCUT2D eigenvalue weighted by Gasteiger charge is -2.09. The third-order valence-electron chi connectivity index (χ3n) is 2.70. The maximum atomic E-state index is 12.4. The summed E-state index contributed by atoms with van der Waals surface area (Å²) < 4.78 is 38.0. The van der Waals surface area contributed by atoms with Gasteiger partial charge in [0.2, 0.25) is 5.91 Å². The molecule has 2 aromatic rings.